The van der Waals surface area contributed by atoms with Crippen LogP contribution < -0.4 is 0 Å². The minimum absolute atomic E-state index is 0.444. The van der Waals surface area contributed by atoms with Crippen LogP contribution in [0.2, 0.25) is 0 Å². The van der Waals surface area contributed by atoms with Crippen LogP contribution in [-0.2, 0) is 4.18 Å². The highest BCUT2D eigenvalue weighted by atomic mass is 127. The zero-order chi connectivity index (χ0) is 21.5. The topological polar surface area (TPSA) is 9.23 Å². The van der Waals surface area contributed by atoms with Crippen molar-refractivity contribution in [2.75, 3.05) is 0 Å². The van der Waals surface area contributed by atoms with Gasteiger partial charge in [-0.2, -0.15) is 0 Å². The molecule has 0 aliphatic heterocycles. The standard InChI is InChI=1S/C27H45IOS/c1-18(2)7-6-8-19(3)23-11-12-24-22-10-9-20-17-21(29-30-28)13-15-26(20,4)25(22)14-16-27(23,24)5/h9,18-19,21-25H,6-8,10-17H2,1-5H3. The van der Waals surface area contributed by atoms with Crippen LogP contribution in [0, 0.1) is 46.3 Å². The summed E-state index contributed by atoms with van der Waals surface area (Å²) in [5.74, 6) is 5.60. The van der Waals surface area contributed by atoms with Crippen molar-refractivity contribution >= 4 is 30.4 Å². The number of hydrogen-bond donors (Lipinski definition) is 0. The van der Waals surface area contributed by atoms with Crippen LogP contribution >= 0.6 is 30.4 Å². The number of fused-ring (bicyclic) bond motifs is 5. The largest absolute Gasteiger partial charge is 0.302 e. The number of hydrogen-bond acceptors (Lipinski definition) is 2. The van der Waals surface area contributed by atoms with Gasteiger partial charge in [0.1, 0.15) is 0 Å². The Labute approximate surface area is 203 Å². The fourth-order valence-corrected chi connectivity index (χ4v) is 9.93. The lowest BCUT2D eigenvalue weighted by atomic mass is 9.47. The highest BCUT2D eigenvalue weighted by molar-refractivity contribution is 14.2. The molecule has 172 valence electrons. The summed E-state index contributed by atoms with van der Waals surface area (Å²) in [6.45, 7) is 12.7. The van der Waals surface area contributed by atoms with Gasteiger partial charge in [-0.3, -0.25) is 0 Å². The van der Waals surface area contributed by atoms with E-state index in [2.05, 4.69) is 61.9 Å². The van der Waals surface area contributed by atoms with E-state index in [0.717, 1.165) is 35.5 Å². The minimum Gasteiger partial charge on any atom is -0.302 e. The van der Waals surface area contributed by atoms with E-state index < -0.39 is 0 Å². The molecule has 4 aliphatic rings. The van der Waals surface area contributed by atoms with Gasteiger partial charge in [-0.25, -0.2) is 0 Å². The summed E-state index contributed by atoms with van der Waals surface area (Å²) < 4.78 is 5.95. The second-order valence-electron chi connectivity index (χ2n) is 12.3. The van der Waals surface area contributed by atoms with Crippen molar-refractivity contribution in [3.8, 4) is 0 Å². The van der Waals surface area contributed by atoms with Crippen LogP contribution in [0.25, 0.3) is 0 Å². The predicted molar refractivity (Wildman–Crippen MR) is 140 cm³/mol. The molecule has 4 rings (SSSR count). The molecule has 0 radical (unpaired) electrons. The molecule has 0 saturated heterocycles. The van der Waals surface area contributed by atoms with Gasteiger partial charge in [0.25, 0.3) is 0 Å². The maximum Gasteiger partial charge on any atom is 0.0769 e. The van der Waals surface area contributed by atoms with Crippen LogP contribution in [0.4, 0.5) is 0 Å². The monoisotopic (exact) mass is 544 g/mol. The first kappa shape index (κ1) is 23.9. The molecule has 30 heavy (non-hydrogen) atoms. The molecule has 8 atom stereocenters. The van der Waals surface area contributed by atoms with E-state index in [9.17, 15) is 0 Å². The van der Waals surface area contributed by atoms with E-state index in [4.69, 9.17) is 4.18 Å². The summed E-state index contributed by atoms with van der Waals surface area (Å²) in [6.07, 6.45) is 18.6. The molecule has 0 N–H and O–H groups in total. The summed E-state index contributed by atoms with van der Waals surface area (Å²) in [5.41, 5.74) is 2.82. The third kappa shape index (κ3) is 4.31. The molecule has 0 amide bonds. The fraction of sp³-hybridized carbons (Fsp3) is 0.926. The summed E-state index contributed by atoms with van der Waals surface area (Å²) in [6, 6.07) is 0. The maximum atomic E-state index is 5.95. The molecular formula is C27H45IOS. The normalized spacial score (nSPS) is 44.2. The van der Waals surface area contributed by atoms with E-state index in [0.29, 0.717) is 16.9 Å². The molecule has 0 spiro atoms. The fourth-order valence-electron chi connectivity index (χ4n) is 8.79. The molecule has 0 heterocycles. The van der Waals surface area contributed by atoms with Gasteiger partial charge in [-0.15, -0.1) is 0 Å². The van der Waals surface area contributed by atoms with Crippen LogP contribution in [0.1, 0.15) is 105 Å². The summed E-state index contributed by atoms with van der Waals surface area (Å²) >= 11 is 2.28. The van der Waals surface area contributed by atoms with Gasteiger partial charge in [-0.1, -0.05) is 65.5 Å². The Morgan fingerprint density at radius 1 is 1.07 bits per heavy atom. The van der Waals surface area contributed by atoms with Gasteiger partial charge in [0, 0.05) is 21.2 Å². The molecular weight excluding hydrogens is 499 g/mol. The Hall–Kier alpha value is 0.780. The molecule has 4 aliphatic carbocycles. The highest BCUT2D eigenvalue weighted by Gasteiger charge is 2.59. The van der Waals surface area contributed by atoms with E-state index in [-0.39, 0.29) is 0 Å². The Kier molecular flexibility index (Phi) is 7.63. The van der Waals surface area contributed by atoms with Crippen LogP contribution in [0.15, 0.2) is 11.6 Å². The first-order valence-electron chi connectivity index (χ1n) is 12.9. The lowest BCUT2D eigenvalue weighted by Crippen LogP contribution is -2.50. The summed E-state index contributed by atoms with van der Waals surface area (Å²) in [5, 5.41) is 0. The van der Waals surface area contributed by atoms with Crippen molar-refractivity contribution < 1.29 is 4.18 Å². The van der Waals surface area contributed by atoms with Crippen LogP contribution in [-0.4, -0.2) is 6.10 Å². The molecule has 1 nitrogen and oxygen atoms in total. The van der Waals surface area contributed by atoms with Crippen molar-refractivity contribution in [2.45, 2.75) is 111 Å². The highest BCUT2D eigenvalue weighted by Crippen LogP contribution is 2.67. The minimum atomic E-state index is 0.444. The zero-order valence-corrected chi connectivity index (χ0v) is 23.1. The van der Waals surface area contributed by atoms with Crippen molar-refractivity contribution in [1.29, 1.82) is 0 Å². The van der Waals surface area contributed by atoms with Gasteiger partial charge >= 0.3 is 0 Å². The molecule has 0 aromatic rings. The molecule has 3 saturated carbocycles. The van der Waals surface area contributed by atoms with E-state index in [1.54, 1.807) is 5.57 Å². The van der Waals surface area contributed by atoms with Crippen LogP contribution in [0.5, 0.6) is 0 Å². The smallest absolute Gasteiger partial charge is 0.0769 e. The number of halogens is 1. The lowest BCUT2D eigenvalue weighted by Gasteiger charge is -2.58. The van der Waals surface area contributed by atoms with E-state index >= 15 is 0 Å². The van der Waals surface area contributed by atoms with E-state index in [1.165, 1.54) is 79.8 Å². The number of allylic oxidation sites excluding steroid dienone is 1. The zero-order valence-electron chi connectivity index (χ0n) is 20.1. The van der Waals surface area contributed by atoms with E-state index in [1.807, 2.05) is 0 Å². The Morgan fingerprint density at radius 3 is 2.60 bits per heavy atom. The molecule has 0 bridgehead atoms. The van der Waals surface area contributed by atoms with Crippen molar-refractivity contribution in [3.05, 3.63) is 11.6 Å². The number of rotatable bonds is 7. The molecule has 3 fully saturated rings. The first-order valence-corrected chi connectivity index (χ1v) is 16.2. The van der Waals surface area contributed by atoms with Gasteiger partial charge in [0.2, 0.25) is 0 Å². The Balaban J connectivity index is 1.47. The quantitative estimate of drug-likeness (QED) is 0.179. The Bertz CT molecular complexity index is 632. The average Bonchev–Trinajstić information content (AvgIpc) is 3.05. The average molecular weight is 545 g/mol. The van der Waals surface area contributed by atoms with Gasteiger partial charge in [-0.05, 0) is 97.7 Å². The Morgan fingerprint density at radius 2 is 1.87 bits per heavy atom. The molecule has 3 heteroatoms. The van der Waals surface area contributed by atoms with Gasteiger partial charge in [0.05, 0.1) is 15.3 Å². The molecule has 0 aromatic heterocycles. The first-order chi connectivity index (χ1) is 14.3. The molecule has 8 unspecified atom stereocenters. The maximum absolute atomic E-state index is 5.95. The van der Waals surface area contributed by atoms with Crippen LogP contribution in [0.3, 0.4) is 0 Å². The van der Waals surface area contributed by atoms with Crippen molar-refractivity contribution in [1.82, 2.24) is 0 Å². The molecule has 0 aromatic carbocycles. The van der Waals surface area contributed by atoms with Crippen molar-refractivity contribution in [2.24, 2.45) is 46.3 Å². The third-order valence-corrected chi connectivity index (χ3v) is 11.4. The lowest BCUT2D eigenvalue weighted by molar-refractivity contribution is -0.0551. The van der Waals surface area contributed by atoms with Crippen molar-refractivity contribution in [3.63, 3.8) is 0 Å². The summed E-state index contributed by atoms with van der Waals surface area (Å²) in [7, 11) is 1.53. The summed E-state index contributed by atoms with van der Waals surface area (Å²) in [4.78, 5) is 0. The second kappa shape index (κ2) is 9.57. The second-order valence-corrected chi connectivity index (χ2v) is 13.7. The SMILES string of the molecule is CC(C)CCCC(C)C1CCC2C3CC=C4CC(OSI)CCC4(C)C3CCC12C. The third-order valence-electron chi connectivity index (χ3n) is 10.4. The van der Waals surface area contributed by atoms with Gasteiger partial charge in [0.15, 0.2) is 0 Å². The van der Waals surface area contributed by atoms with Gasteiger partial charge < -0.3 is 4.18 Å². The predicted octanol–water partition coefficient (Wildman–Crippen LogP) is 9.41.